The lowest BCUT2D eigenvalue weighted by atomic mass is 9.96. The summed E-state index contributed by atoms with van der Waals surface area (Å²) in [6.07, 6.45) is 12.8. The van der Waals surface area contributed by atoms with Gasteiger partial charge in [-0.1, -0.05) is 36.1 Å². The molecule has 0 aromatic carbocycles. The molecule has 0 amide bonds. The van der Waals surface area contributed by atoms with Crippen molar-refractivity contribution in [1.29, 1.82) is 0 Å². The smallest absolute Gasteiger partial charge is 0.330 e. The number of ether oxygens (including phenoxy) is 1. The van der Waals surface area contributed by atoms with Crippen LogP contribution in [0.15, 0.2) is 36.0 Å². The van der Waals surface area contributed by atoms with Crippen LogP contribution in [0.3, 0.4) is 0 Å². The topological polar surface area (TPSA) is 46.5 Å². The van der Waals surface area contributed by atoms with Crippen LogP contribution in [0.5, 0.6) is 0 Å². The van der Waals surface area contributed by atoms with E-state index in [0.29, 0.717) is 0 Å². The fraction of sp³-hybridized carbons (Fsp3) is 0.438. The highest BCUT2D eigenvalue weighted by Gasteiger charge is 2.04. The number of esters is 1. The summed E-state index contributed by atoms with van der Waals surface area (Å²) in [5, 5.41) is 8.64. The van der Waals surface area contributed by atoms with Gasteiger partial charge in [0.05, 0.1) is 7.11 Å². The van der Waals surface area contributed by atoms with Gasteiger partial charge in [-0.25, -0.2) is 4.79 Å². The molecule has 102 valence electrons. The lowest BCUT2D eigenvalue weighted by Crippen LogP contribution is -1.99. The maximum atomic E-state index is 11.0. The highest BCUT2D eigenvalue weighted by atomic mass is 16.5. The minimum absolute atomic E-state index is 0.235. The van der Waals surface area contributed by atoms with Crippen LogP contribution in [-0.4, -0.2) is 24.8 Å². The summed E-state index contributed by atoms with van der Waals surface area (Å²) in [5.74, 6) is 6.10. The van der Waals surface area contributed by atoms with Crippen LogP contribution in [0, 0.1) is 17.8 Å². The van der Waals surface area contributed by atoms with E-state index in [0.717, 1.165) is 31.3 Å². The van der Waals surface area contributed by atoms with Crippen molar-refractivity contribution in [3.8, 4) is 11.8 Å². The van der Waals surface area contributed by atoms with Crippen molar-refractivity contribution in [2.24, 2.45) is 5.92 Å². The molecule has 1 atom stereocenters. The molecule has 0 saturated carbocycles. The summed E-state index contributed by atoms with van der Waals surface area (Å²) >= 11 is 0. The van der Waals surface area contributed by atoms with Gasteiger partial charge in [-0.2, -0.15) is 0 Å². The zero-order valence-electron chi connectivity index (χ0n) is 11.3. The minimum Gasteiger partial charge on any atom is -0.466 e. The van der Waals surface area contributed by atoms with Crippen LogP contribution in [-0.2, 0) is 9.53 Å². The van der Waals surface area contributed by atoms with Crippen molar-refractivity contribution in [1.82, 2.24) is 0 Å². The second-order valence-electron chi connectivity index (χ2n) is 4.28. The van der Waals surface area contributed by atoms with Gasteiger partial charge in [0, 0.05) is 24.7 Å². The highest BCUT2D eigenvalue weighted by molar-refractivity contribution is 5.81. The summed E-state index contributed by atoms with van der Waals surface area (Å²) in [6.45, 7) is 0.235. The maximum absolute atomic E-state index is 11.0. The molecular weight excluding hydrogens is 240 g/mol. The van der Waals surface area contributed by atoms with Gasteiger partial charge >= 0.3 is 5.97 Å². The molecule has 0 aliphatic heterocycles. The van der Waals surface area contributed by atoms with E-state index >= 15 is 0 Å². The third-order valence-electron chi connectivity index (χ3n) is 2.76. The van der Waals surface area contributed by atoms with E-state index in [9.17, 15) is 4.79 Å². The molecule has 0 fully saturated rings. The van der Waals surface area contributed by atoms with Gasteiger partial charge in [0.25, 0.3) is 0 Å². The summed E-state index contributed by atoms with van der Waals surface area (Å²) in [6, 6.07) is 0. The summed E-state index contributed by atoms with van der Waals surface area (Å²) < 4.78 is 4.54. The predicted molar refractivity (Wildman–Crippen MR) is 75.2 cm³/mol. The molecule has 0 heterocycles. The third-order valence-corrected chi connectivity index (χ3v) is 2.76. The Morgan fingerprint density at radius 2 is 2.42 bits per heavy atom. The lowest BCUT2D eigenvalue weighted by molar-refractivity contribution is -0.134. The molecule has 1 rings (SSSR count). The molecule has 1 N–H and O–H groups in total. The van der Waals surface area contributed by atoms with Crippen LogP contribution >= 0.6 is 0 Å². The number of rotatable bonds is 5. The number of allylic oxidation sites excluding steroid dienone is 5. The largest absolute Gasteiger partial charge is 0.466 e. The predicted octanol–water partition coefficient (Wildman–Crippen LogP) is 2.38. The number of methoxy groups -OCH3 is 1. The Morgan fingerprint density at radius 1 is 1.58 bits per heavy atom. The zero-order valence-corrected chi connectivity index (χ0v) is 11.3. The Morgan fingerprint density at radius 3 is 3.05 bits per heavy atom. The normalized spacial score (nSPS) is 17.8. The molecule has 0 radical (unpaired) electrons. The van der Waals surface area contributed by atoms with Crippen LogP contribution in [0.1, 0.15) is 25.7 Å². The molecule has 1 aliphatic rings. The van der Waals surface area contributed by atoms with Crippen molar-refractivity contribution < 1.29 is 14.6 Å². The lowest BCUT2D eigenvalue weighted by Gasteiger charge is -2.09. The van der Waals surface area contributed by atoms with Crippen LogP contribution in [0.2, 0.25) is 0 Å². The van der Waals surface area contributed by atoms with Crippen LogP contribution in [0.25, 0.3) is 0 Å². The average molecular weight is 260 g/mol. The minimum atomic E-state index is -0.327. The van der Waals surface area contributed by atoms with Gasteiger partial charge in [-0.3, -0.25) is 0 Å². The number of carbonyl (C=O) groups is 1. The van der Waals surface area contributed by atoms with Gasteiger partial charge in [-0.15, -0.1) is 0 Å². The first-order valence-corrected chi connectivity index (χ1v) is 6.50. The van der Waals surface area contributed by atoms with E-state index in [-0.39, 0.29) is 18.5 Å². The van der Waals surface area contributed by atoms with E-state index in [1.165, 1.54) is 13.2 Å². The third kappa shape index (κ3) is 6.64. The Balaban J connectivity index is 2.36. The molecule has 1 aliphatic carbocycles. The Hall–Kier alpha value is -1.79. The Kier molecular flexibility index (Phi) is 7.38. The van der Waals surface area contributed by atoms with E-state index in [2.05, 4.69) is 22.7 Å². The Labute approximate surface area is 114 Å². The van der Waals surface area contributed by atoms with Crippen molar-refractivity contribution in [3.63, 3.8) is 0 Å². The number of aliphatic hydroxyl groups is 1. The SMILES string of the molecule is COC(=O)C=CC1C=CC(C#CCCCCO)=CC1. The maximum Gasteiger partial charge on any atom is 0.330 e. The number of aliphatic hydroxyl groups excluding tert-OH is 1. The van der Waals surface area contributed by atoms with Crippen molar-refractivity contribution >= 4 is 5.97 Å². The monoisotopic (exact) mass is 260 g/mol. The highest BCUT2D eigenvalue weighted by Crippen LogP contribution is 2.17. The first-order valence-electron chi connectivity index (χ1n) is 6.50. The van der Waals surface area contributed by atoms with Crippen LogP contribution in [0.4, 0.5) is 0 Å². The summed E-state index contributed by atoms with van der Waals surface area (Å²) in [4.78, 5) is 11.0. The molecule has 0 aromatic rings. The van der Waals surface area contributed by atoms with Crippen molar-refractivity contribution in [2.75, 3.05) is 13.7 Å². The molecule has 0 saturated heterocycles. The number of carbonyl (C=O) groups excluding carboxylic acids is 1. The number of unbranched alkanes of at least 4 members (excludes halogenated alkanes) is 2. The van der Waals surface area contributed by atoms with Gasteiger partial charge < -0.3 is 9.84 Å². The standard InChI is InChI=1S/C16H20O3/c1-19-16(18)12-11-15-9-7-14(8-10-15)6-4-2-3-5-13-17/h7-9,11-12,15,17H,2-3,5,10,13H2,1H3. The number of hydrogen-bond acceptors (Lipinski definition) is 3. The van der Waals surface area contributed by atoms with Gasteiger partial charge in [0.1, 0.15) is 0 Å². The molecular formula is C16H20O3. The second-order valence-corrected chi connectivity index (χ2v) is 4.28. The first-order chi connectivity index (χ1) is 9.26. The summed E-state index contributed by atoms with van der Waals surface area (Å²) in [5.41, 5.74) is 1.02. The molecule has 0 spiro atoms. The van der Waals surface area contributed by atoms with Crippen LogP contribution < -0.4 is 0 Å². The second kappa shape index (κ2) is 9.18. The first kappa shape index (κ1) is 15.3. The van der Waals surface area contributed by atoms with E-state index in [4.69, 9.17) is 5.11 Å². The molecule has 0 bridgehead atoms. The molecule has 3 nitrogen and oxygen atoms in total. The molecule has 0 aromatic heterocycles. The quantitative estimate of drug-likeness (QED) is 0.357. The number of hydrogen-bond donors (Lipinski definition) is 1. The van der Waals surface area contributed by atoms with E-state index < -0.39 is 0 Å². The van der Waals surface area contributed by atoms with E-state index in [1.807, 2.05) is 18.2 Å². The van der Waals surface area contributed by atoms with Gasteiger partial charge in [-0.05, 0) is 25.2 Å². The average Bonchev–Trinajstić information content (AvgIpc) is 2.45. The molecule has 3 heteroatoms. The summed E-state index contributed by atoms with van der Waals surface area (Å²) in [7, 11) is 1.37. The zero-order chi connectivity index (χ0) is 13.9. The van der Waals surface area contributed by atoms with Gasteiger partial charge in [0.15, 0.2) is 0 Å². The van der Waals surface area contributed by atoms with Crippen molar-refractivity contribution in [3.05, 3.63) is 36.0 Å². The van der Waals surface area contributed by atoms with Gasteiger partial charge in [0.2, 0.25) is 0 Å². The Bertz CT molecular complexity index is 433. The van der Waals surface area contributed by atoms with E-state index in [1.54, 1.807) is 0 Å². The molecule has 1 unspecified atom stereocenters. The fourth-order valence-electron chi connectivity index (χ4n) is 1.63. The van der Waals surface area contributed by atoms with Crippen molar-refractivity contribution in [2.45, 2.75) is 25.7 Å². The fourth-order valence-corrected chi connectivity index (χ4v) is 1.63. The molecule has 19 heavy (non-hydrogen) atoms.